The zero-order valence-corrected chi connectivity index (χ0v) is 12.0. The quantitative estimate of drug-likeness (QED) is 0.870. The predicted octanol–water partition coefficient (Wildman–Crippen LogP) is 1.91. The minimum atomic E-state index is -3.90. The normalized spacial score (nSPS) is 21.8. The minimum absolute atomic E-state index is 0.0730. The third kappa shape index (κ3) is 2.83. The first-order valence-electron chi connectivity index (χ1n) is 6.32. The van der Waals surface area contributed by atoms with E-state index in [9.17, 15) is 17.6 Å². The van der Waals surface area contributed by atoms with E-state index in [1.807, 2.05) is 6.92 Å². The van der Waals surface area contributed by atoms with E-state index in [1.54, 1.807) is 0 Å². The van der Waals surface area contributed by atoms with Crippen molar-refractivity contribution in [3.63, 3.8) is 0 Å². The first kappa shape index (κ1) is 14.9. The first-order valence-corrected chi connectivity index (χ1v) is 7.80. The lowest BCUT2D eigenvalue weighted by molar-refractivity contribution is 0.0696. The molecule has 5 nitrogen and oxygen atoms in total. The molecule has 110 valence electrons. The van der Waals surface area contributed by atoms with Crippen LogP contribution in [0.15, 0.2) is 17.0 Å². The molecule has 1 aliphatic rings. The van der Waals surface area contributed by atoms with Crippen LogP contribution in [-0.4, -0.2) is 25.5 Å². The number of hydrogen-bond acceptors (Lipinski definition) is 3. The molecule has 1 aromatic rings. The van der Waals surface area contributed by atoms with Crippen molar-refractivity contribution in [2.24, 2.45) is 5.92 Å². The molecule has 0 aromatic heterocycles. The number of carbonyl (C=O) groups is 1. The summed E-state index contributed by atoms with van der Waals surface area (Å²) in [5.41, 5.74) is -0.451. The Balaban J connectivity index is 2.38. The van der Waals surface area contributed by atoms with Gasteiger partial charge in [-0.2, -0.15) is 0 Å². The summed E-state index contributed by atoms with van der Waals surface area (Å²) in [6.45, 7) is 3.29. The molecule has 0 bridgehead atoms. The van der Waals surface area contributed by atoms with E-state index in [0.717, 1.165) is 25.0 Å². The maximum atomic E-state index is 13.7. The van der Waals surface area contributed by atoms with Gasteiger partial charge in [0.25, 0.3) is 0 Å². The Morgan fingerprint density at radius 3 is 2.65 bits per heavy atom. The molecule has 1 fully saturated rings. The maximum absolute atomic E-state index is 13.7. The molecule has 1 saturated carbocycles. The van der Waals surface area contributed by atoms with Crippen LogP contribution in [0.1, 0.15) is 35.7 Å². The highest BCUT2D eigenvalue weighted by atomic mass is 32.2. The van der Waals surface area contributed by atoms with E-state index >= 15 is 0 Å². The van der Waals surface area contributed by atoms with Crippen LogP contribution < -0.4 is 4.72 Å². The number of rotatable bonds is 5. The number of hydrogen-bond donors (Lipinski definition) is 2. The molecule has 2 unspecified atom stereocenters. The number of carboxylic acids is 1. The summed E-state index contributed by atoms with van der Waals surface area (Å²) in [5, 5.41) is 8.88. The lowest BCUT2D eigenvalue weighted by atomic mass is 10.1. The fourth-order valence-electron chi connectivity index (χ4n) is 2.16. The molecular weight excluding hydrogens is 285 g/mol. The second-order valence-corrected chi connectivity index (χ2v) is 6.70. The van der Waals surface area contributed by atoms with Gasteiger partial charge in [-0.15, -0.1) is 0 Å². The SMILES string of the molecule is CCC1CC1NS(=O)(=O)c1cc(C(=O)O)cc(F)c1C. The van der Waals surface area contributed by atoms with Crippen LogP contribution in [-0.2, 0) is 10.0 Å². The van der Waals surface area contributed by atoms with Gasteiger partial charge in [0.1, 0.15) is 5.82 Å². The van der Waals surface area contributed by atoms with Crippen molar-refractivity contribution < 1.29 is 22.7 Å². The standard InChI is InChI=1S/C13H16FNO4S/c1-3-8-5-11(8)15-20(18,19)12-6-9(13(16)17)4-10(14)7(12)2/h4,6,8,11,15H,3,5H2,1-2H3,(H,16,17). The summed E-state index contributed by atoms with van der Waals surface area (Å²) >= 11 is 0. The van der Waals surface area contributed by atoms with Gasteiger partial charge < -0.3 is 5.11 Å². The Hall–Kier alpha value is -1.47. The molecule has 0 spiro atoms. The Morgan fingerprint density at radius 1 is 1.50 bits per heavy atom. The second kappa shape index (κ2) is 5.14. The molecule has 7 heteroatoms. The van der Waals surface area contributed by atoms with Gasteiger partial charge >= 0.3 is 5.97 Å². The summed E-state index contributed by atoms with van der Waals surface area (Å²) in [7, 11) is -3.90. The molecule has 2 atom stereocenters. The summed E-state index contributed by atoms with van der Waals surface area (Å²) in [4.78, 5) is 10.6. The Kier molecular flexibility index (Phi) is 3.84. The van der Waals surface area contributed by atoms with E-state index in [1.165, 1.54) is 6.92 Å². The van der Waals surface area contributed by atoms with Crippen LogP contribution in [0.25, 0.3) is 0 Å². The number of nitrogens with one attached hydrogen (secondary N) is 1. The summed E-state index contributed by atoms with van der Waals surface area (Å²) in [6.07, 6.45) is 1.63. The maximum Gasteiger partial charge on any atom is 0.335 e. The smallest absolute Gasteiger partial charge is 0.335 e. The van der Waals surface area contributed by atoms with Gasteiger partial charge in [0, 0.05) is 11.6 Å². The van der Waals surface area contributed by atoms with Crippen LogP contribution >= 0.6 is 0 Å². The Morgan fingerprint density at radius 2 is 2.15 bits per heavy atom. The van der Waals surface area contributed by atoms with E-state index in [-0.39, 0.29) is 22.1 Å². The highest BCUT2D eigenvalue weighted by Gasteiger charge is 2.39. The average molecular weight is 301 g/mol. The molecular formula is C13H16FNO4S. The fraction of sp³-hybridized carbons (Fsp3) is 0.462. The Bertz CT molecular complexity index is 657. The summed E-state index contributed by atoms with van der Waals surface area (Å²) in [6, 6.07) is 1.68. The third-order valence-electron chi connectivity index (χ3n) is 3.59. The van der Waals surface area contributed by atoms with Crippen molar-refractivity contribution in [2.75, 3.05) is 0 Å². The molecule has 0 aliphatic heterocycles. The lowest BCUT2D eigenvalue weighted by Crippen LogP contribution is -2.28. The van der Waals surface area contributed by atoms with Crippen molar-refractivity contribution in [1.82, 2.24) is 4.72 Å². The Labute approximate surface area is 116 Å². The monoisotopic (exact) mass is 301 g/mol. The lowest BCUT2D eigenvalue weighted by Gasteiger charge is -2.11. The highest BCUT2D eigenvalue weighted by molar-refractivity contribution is 7.89. The highest BCUT2D eigenvalue weighted by Crippen LogP contribution is 2.34. The van der Waals surface area contributed by atoms with E-state index in [0.29, 0.717) is 5.92 Å². The molecule has 0 amide bonds. The topological polar surface area (TPSA) is 83.5 Å². The number of carboxylic acid groups (broad SMARTS) is 1. The predicted molar refractivity (Wildman–Crippen MR) is 70.6 cm³/mol. The number of sulfonamides is 1. The van der Waals surface area contributed by atoms with Crippen molar-refractivity contribution in [3.05, 3.63) is 29.1 Å². The van der Waals surface area contributed by atoms with Crippen LogP contribution in [0.5, 0.6) is 0 Å². The van der Waals surface area contributed by atoms with Gasteiger partial charge in [-0.25, -0.2) is 22.3 Å². The van der Waals surface area contributed by atoms with E-state index in [2.05, 4.69) is 4.72 Å². The zero-order chi connectivity index (χ0) is 15.1. The zero-order valence-electron chi connectivity index (χ0n) is 11.2. The van der Waals surface area contributed by atoms with Crippen LogP contribution in [0.4, 0.5) is 4.39 Å². The first-order chi connectivity index (χ1) is 9.26. The molecule has 2 rings (SSSR count). The van der Waals surface area contributed by atoms with Crippen molar-refractivity contribution in [1.29, 1.82) is 0 Å². The van der Waals surface area contributed by atoms with Crippen molar-refractivity contribution in [3.8, 4) is 0 Å². The molecule has 1 aliphatic carbocycles. The van der Waals surface area contributed by atoms with Crippen molar-refractivity contribution >= 4 is 16.0 Å². The average Bonchev–Trinajstić information content (AvgIpc) is 3.09. The van der Waals surface area contributed by atoms with E-state index < -0.39 is 21.8 Å². The largest absolute Gasteiger partial charge is 0.478 e. The number of halogens is 1. The van der Waals surface area contributed by atoms with Crippen LogP contribution in [0.3, 0.4) is 0 Å². The molecule has 2 N–H and O–H groups in total. The van der Waals surface area contributed by atoms with Gasteiger partial charge in [0.2, 0.25) is 10.0 Å². The number of aromatic carboxylic acids is 1. The van der Waals surface area contributed by atoms with Crippen LogP contribution in [0.2, 0.25) is 0 Å². The van der Waals surface area contributed by atoms with Gasteiger partial charge in [0.15, 0.2) is 0 Å². The summed E-state index contributed by atoms with van der Waals surface area (Å²) < 4.78 is 40.6. The minimum Gasteiger partial charge on any atom is -0.478 e. The van der Waals surface area contributed by atoms with Gasteiger partial charge in [-0.3, -0.25) is 0 Å². The van der Waals surface area contributed by atoms with Gasteiger partial charge in [-0.05, 0) is 31.4 Å². The van der Waals surface area contributed by atoms with Crippen molar-refractivity contribution in [2.45, 2.75) is 37.6 Å². The second-order valence-electron chi connectivity index (χ2n) is 5.02. The van der Waals surface area contributed by atoms with Gasteiger partial charge in [0.05, 0.1) is 10.5 Å². The molecule has 0 heterocycles. The third-order valence-corrected chi connectivity index (χ3v) is 5.20. The number of benzene rings is 1. The molecule has 0 saturated heterocycles. The van der Waals surface area contributed by atoms with Gasteiger partial charge in [-0.1, -0.05) is 13.3 Å². The van der Waals surface area contributed by atoms with E-state index in [4.69, 9.17) is 5.11 Å². The summed E-state index contributed by atoms with van der Waals surface area (Å²) in [5.74, 6) is -1.90. The molecule has 1 aromatic carbocycles. The molecule has 0 radical (unpaired) electrons. The fourth-order valence-corrected chi connectivity index (χ4v) is 3.76. The molecule has 20 heavy (non-hydrogen) atoms. The van der Waals surface area contributed by atoms with Crippen LogP contribution in [0, 0.1) is 18.7 Å².